The van der Waals surface area contributed by atoms with Crippen LogP contribution in [0.2, 0.25) is 0 Å². The van der Waals surface area contributed by atoms with E-state index in [1.165, 1.54) is 25.7 Å². The van der Waals surface area contributed by atoms with Crippen LogP contribution >= 0.6 is 0 Å². The lowest BCUT2D eigenvalue weighted by atomic mass is 9.90. The van der Waals surface area contributed by atoms with Gasteiger partial charge >= 0.3 is 0 Å². The highest BCUT2D eigenvalue weighted by molar-refractivity contribution is 5.05. The Morgan fingerprint density at radius 3 is 3.11 bits per heavy atom. The van der Waals surface area contributed by atoms with Crippen molar-refractivity contribution >= 4 is 0 Å². The van der Waals surface area contributed by atoms with E-state index in [2.05, 4.69) is 10.1 Å². The number of rotatable bonds is 3. The van der Waals surface area contributed by atoms with Crippen LogP contribution in [0.15, 0.2) is 10.6 Å². The van der Waals surface area contributed by atoms with E-state index in [4.69, 9.17) is 15.0 Å². The van der Waals surface area contributed by atoms with E-state index < -0.39 is 0 Å². The van der Waals surface area contributed by atoms with Gasteiger partial charge in [0, 0.05) is 25.2 Å². The number of aromatic nitrogens is 1. The third-order valence-electron chi connectivity index (χ3n) is 4.02. The van der Waals surface area contributed by atoms with Crippen molar-refractivity contribution in [2.75, 3.05) is 13.2 Å². The van der Waals surface area contributed by atoms with Crippen molar-refractivity contribution in [1.82, 2.24) is 10.1 Å². The fourth-order valence-corrected chi connectivity index (χ4v) is 3.10. The highest BCUT2D eigenvalue weighted by Gasteiger charge is 2.34. The van der Waals surface area contributed by atoms with Crippen molar-refractivity contribution in [3.8, 4) is 0 Å². The second-order valence-corrected chi connectivity index (χ2v) is 5.22. The van der Waals surface area contributed by atoms with Gasteiger partial charge in [0.1, 0.15) is 0 Å². The van der Waals surface area contributed by atoms with Gasteiger partial charge < -0.3 is 15.0 Å². The average Bonchev–Trinajstić information content (AvgIpc) is 2.87. The van der Waals surface area contributed by atoms with Gasteiger partial charge in [-0.2, -0.15) is 0 Å². The third kappa shape index (κ3) is 2.43. The molecule has 1 aromatic heterocycles. The zero-order valence-corrected chi connectivity index (χ0v) is 10.7. The van der Waals surface area contributed by atoms with Crippen LogP contribution in [-0.2, 0) is 17.8 Å². The topological polar surface area (TPSA) is 64.5 Å². The van der Waals surface area contributed by atoms with E-state index in [1.807, 2.05) is 6.07 Å². The summed E-state index contributed by atoms with van der Waals surface area (Å²) in [7, 11) is 0. The van der Waals surface area contributed by atoms with Crippen LogP contribution in [0.5, 0.6) is 0 Å². The van der Waals surface area contributed by atoms with Crippen LogP contribution in [0.1, 0.15) is 37.1 Å². The SMILES string of the molecule is NCc1cc(CN2CCOC3CCCCC32)on1. The van der Waals surface area contributed by atoms with Crippen LogP contribution in [-0.4, -0.2) is 35.4 Å². The van der Waals surface area contributed by atoms with E-state index in [9.17, 15) is 0 Å². The molecule has 5 nitrogen and oxygen atoms in total. The summed E-state index contributed by atoms with van der Waals surface area (Å²) in [6.07, 6.45) is 5.47. The molecule has 1 saturated carbocycles. The Balaban J connectivity index is 1.66. The molecule has 0 aromatic carbocycles. The van der Waals surface area contributed by atoms with Gasteiger partial charge in [0.05, 0.1) is 24.9 Å². The van der Waals surface area contributed by atoms with Crippen molar-refractivity contribution in [2.24, 2.45) is 5.73 Å². The number of nitrogens with zero attached hydrogens (tertiary/aromatic N) is 2. The number of hydrogen-bond acceptors (Lipinski definition) is 5. The quantitative estimate of drug-likeness (QED) is 0.876. The minimum atomic E-state index is 0.421. The van der Waals surface area contributed by atoms with E-state index in [0.29, 0.717) is 18.7 Å². The molecule has 2 unspecified atom stereocenters. The highest BCUT2D eigenvalue weighted by atomic mass is 16.5. The number of hydrogen-bond donors (Lipinski definition) is 1. The van der Waals surface area contributed by atoms with Crippen molar-refractivity contribution < 1.29 is 9.26 Å². The fraction of sp³-hybridized carbons (Fsp3) is 0.769. The Labute approximate surface area is 107 Å². The summed E-state index contributed by atoms with van der Waals surface area (Å²) in [4.78, 5) is 2.48. The van der Waals surface area contributed by atoms with Crippen molar-refractivity contribution in [3.05, 3.63) is 17.5 Å². The minimum Gasteiger partial charge on any atom is -0.375 e. The lowest BCUT2D eigenvalue weighted by Crippen LogP contribution is -2.52. The molecule has 2 atom stereocenters. The van der Waals surface area contributed by atoms with Gasteiger partial charge in [0.15, 0.2) is 5.76 Å². The molecule has 1 aliphatic heterocycles. The summed E-state index contributed by atoms with van der Waals surface area (Å²) in [6.45, 7) is 3.09. The maximum absolute atomic E-state index is 5.87. The van der Waals surface area contributed by atoms with Crippen molar-refractivity contribution in [2.45, 2.75) is 50.9 Å². The Kier molecular flexibility index (Phi) is 3.63. The molecule has 100 valence electrons. The van der Waals surface area contributed by atoms with Crippen molar-refractivity contribution in [1.29, 1.82) is 0 Å². The van der Waals surface area contributed by atoms with Crippen molar-refractivity contribution in [3.63, 3.8) is 0 Å². The predicted octanol–water partition coefficient (Wildman–Crippen LogP) is 1.28. The lowest BCUT2D eigenvalue weighted by Gasteiger charge is -2.43. The second-order valence-electron chi connectivity index (χ2n) is 5.22. The Bertz CT molecular complexity index is 391. The molecule has 2 aliphatic rings. The summed E-state index contributed by atoms with van der Waals surface area (Å²) in [5, 5.41) is 3.95. The molecule has 0 bridgehead atoms. The van der Waals surface area contributed by atoms with Gasteiger partial charge in [-0.15, -0.1) is 0 Å². The molecule has 2 N–H and O–H groups in total. The van der Waals surface area contributed by atoms with Gasteiger partial charge in [0.2, 0.25) is 0 Å². The molecule has 1 aliphatic carbocycles. The Morgan fingerprint density at radius 2 is 2.28 bits per heavy atom. The monoisotopic (exact) mass is 251 g/mol. The van der Waals surface area contributed by atoms with E-state index in [1.54, 1.807) is 0 Å². The standard InChI is InChI=1S/C13H21N3O2/c14-8-10-7-11(18-15-10)9-16-5-6-17-13-4-2-1-3-12(13)16/h7,12-13H,1-6,8-9,14H2. The van der Waals surface area contributed by atoms with Gasteiger partial charge in [-0.25, -0.2) is 0 Å². The normalized spacial score (nSPS) is 29.2. The Hall–Kier alpha value is -0.910. The molecule has 0 spiro atoms. The largest absolute Gasteiger partial charge is 0.375 e. The first-order chi connectivity index (χ1) is 8.86. The summed E-state index contributed by atoms with van der Waals surface area (Å²) in [5.41, 5.74) is 6.38. The number of fused-ring (bicyclic) bond motifs is 1. The fourth-order valence-electron chi connectivity index (χ4n) is 3.10. The Morgan fingerprint density at radius 1 is 1.39 bits per heavy atom. The lowest BCUT2D eigenvalue weighted by molar-refractivity contribution is -0.0929. The number of nitrogens with two attached hydrogens (primary N) is 1. The minimum absolute atomic E-state index is 0.421. The smallest absolute Gasteiger partial charge is 0.151 e. The van der Waals surface area contributed by atoms with Crippen LogP contribution in [0, 0.1) is 0 Å². The first kappa shape index (κ1) is 12.1. The highest BCUT2D eigenvalue weighted by Crippen LogP contribution is 2.29. The van der Waals surface area contributed by atoms with Gasteiger partial charge in [-0.1, -0.05) is 18.0 Å². The number of morpholine rings is 1. The first-order valence-electron chi connectivity index (χ1n) is 6.87. The van der Waals surface area contributed by atoms with Gasteiger partial charge in [-0.05, 0) is 12.8 Å². The van der Waals surface area contributed by atoms with E-state index in [0.717, 1.165) is 31.2 Å². The summed E-state index contributed by atoms with van der Waals surface area (Å²) in [5.74, 6) is 0.918. The summed E-state index contributed by atoms with van der Waals surface area (Å²) >= 11 is 0. The molecule has 0 radical (unpaired) electrons. The molecule has 5 heteroatoms. The molecule has 0 amide bonds. The molecule has 1 saturated heterocycles. The van der Waals surface area contributed by atoms with Gasteiger partial charge in [0.25, 0.3) is 0 Å². The van der Waals surface area contributed by atoms with E-state index in [-0.39, 0.29) is 0 Å². The third-order valence-corrected chi connectivity index (χ3v) is 4.02. The zero-order chi connectivity index (χ0) is 12.4. The molecule has 2 heterocycles. The number of ether oxygens (including phenoxy) is 1. The van der Waals surface area contributed by atoms with Crippen LogP contribution in [0.25, 0.3) is 0 Å². The van der Waals surface area contributed by atoms with Crippen LogP contribution in [0.3, 0.4) is 0 Å². The zero-order valence-electron chi connectivity index (χ0n) is 10.7. The summed E-state index contributed by atoms with van der Waals surface area (Å²) in [6, 6.07) is 2.52. The molecule has 1 aromatic rings. The molecule has 3 rings (SSSR count). The predicted molar refractivity (Wildman–Crippen MR) is 66.8 cm³/mol. The maximum Gasteiger partial charge on any atom is 0.151 e. The molecule has 18 heavy (non-hydrogen) atoms. The van der Waals surface area contributed by atoms with E-state index >= 15 is 0 Å². The van der Waals surface area contributed by atoms with Crippen LogP contribution in [0.4, 0.5) is 0 Å². The summed E-state index contributed by atoms with van der Waals surface area (Å²) < 4.78 is 11.2. The first-order valence-corrected chi connectivity index (χ1v) is 6.87. The van der Waals surface area contributed by atoms with Crippen LogP contribution < -0.4 is 5.73 Å². The maximum atomic E-state index is 5.87. The molecular formula is C13H21N3O2. The average molecular weight is 251 g/mol. The molecule has 2 fully saturated rings. The van der Waals surface area contributed by atoms with Gasteiger partial charge in [-0.3, -0.25) is 4.90 Å². The second kappa shape index (κ2) is 5.38. The molecular weight excluding hydrogens is 230 g/mol.